The van der Waals surface area contributed by atoms with E-state index in [1.807, 2.05) is 0 Å². The van der Waals surface area contributed by atoms with Crippen LogP contribution in [-0.2, 0) is 14.5 Å². The maximum Gasteiger partial charge on any atom is 0.400 e. The van der Waals surface area contributed by atoms with Crippen LogP contribution in [0.5, 0.6) is 0 Å². The smallest absolute Gasteiger partial charge is 0.352 e. The molecule has 0 aromatic rings. The molecule has 0 radical (unpaired) electrons. The van der Waals surface area contributed by atoms with Crippen LogP contribution in [0.2, 0.25) is 0 Å². The van der Waals surface area contributed by atoms with Crippen molar-refractivity contribution in [2.24, 2.45) is 0 Å². The number of aliphatic hydroxyl groups is 1. The van der Waals surface area contributed by atoms with Gasteiger partial charge in [-0.2, -0.15) is 0 Å². The van der Waals surface area contributed by atoms with Gasteiger partial charge in [0.2, 0.25) is 0 Å². The van der Waals surface area contributed by atoms with Crippen LogP contribution in [0.1, 0.15) is 0 Å². The largest absolute Gasteiger partial charge is 0.400 e. The number of carbonyl (C=O) groups is 2. The Balaban J connectivity index is 3.20. The summed E-state index contributed by atoms with van der Waals surface area (Å²) in [4.78, 5) is 44.6. The summed E-state index contributed by atoms with van der Waals surface area (Å²) in [5.74, 6) is 0. The van der Waals surface area contributed by atoms with Gasteiger partial charge in [0.25, 0.3) is 21.9 Å². The predicted molar refractivity (Wildman–Crippen MR) is 104 cm³/mol. The third-order valence-corrected chi connectivity index (χ3v) is 4.08. The fourth-order valence-electron chi connectivity index (χ4n) is 1.30. The van der Waals surface area contributed by atoms with E-state index >= 15 is 0 Å². The Morgan fingerprint density at radius 3 is 1.37 bits per heavy atom. The third kappa shape index (κ3) is 5.38. The molecule has 0 bridgehead atoms. The Morgan fingerprint density at radius 2 is 1.07 bits per heavy atom. The molecule has 1 fully saturated rings. The molecule has 4 amide bonds. The van der Waals surface area contributed by atoms with Crippen molar-refractivity contribution < 1.29 is 29.2 Å². The van der Waals surface area contributed by atoms with Gasteiger partial charge in [-0.3, -0.25) is 0 Å². The van der Waals surface area contributed by atoms with Crippen molar-refractivity contribution in [3.05, 3.63) is 0 Å². The van der Waals surface area contributed by atoms with Crippen molar-refractivity contribution in [1.82, 2.24) is 29.9 Å². The first-order valence-electron chi connectivity index (χ1n) is 7.20. The summed E-state index contributed by atoms with van der Waals surface area (Å²) in [6.07, 6.45) is -2.01. The molecule has 0 aromatic heterocycles. The van der Waals surface area contributed by atoms with E-state index in [-0.39, 0.29) is 20.6 Å². The molecular formula is C12H20N6O6S3. The van der Waals surface area contributed by atoms with Gasteiger partial charge in [0.05, 0.1) is 0 Å². The van der Waals surface area contributed by atoms with Crippen molar-refractivity contribution in [3.8, 4) is 0 Å². The van der Waals surface area contributed by atoms with E-state index in [4.69, 9.17) is 51.2 Å². The minimum atomic E-state index is -2.01. The number of hydroxylamine groups is 6. The highest BCUT2D eigenvalue weighted by Gasteiger charge is 2.50. The number of carbonyl (C=O) groups excluding carboxylic acids is 2. The first-order chi connectivity index (χ1) is 12.4. The highest BCUT2D eigenvalue weighted by atomic mass is 32.1. The average Bonchev–Trinajstić information content (AvgIpc) is 2.58. The van der Waals surface area contributed by atoms with Gasteiger partial charge in [-0.25, -0.2) is 9.59 Å². The minimum Gasteiger partial charge on any atom is -0.352 e. The number of amides is 4. The van der Waals surface area contributed by atoms with Crippen LogP contribution in [0.4, 0.5) is 9.59 Å². The molecule has 0 atom stereocenters. The summed E-state index contributed by atoms with van der Waals surface area (Å²) in [7, 11) is 9.30. The number of hydrogen-bond acceptors (Lipinski definition) is 9. The van der Waals surface area contributed by atoms with Gasteiger partial charge < -0.3 is 34.3 Å². The highest BCUT2D eigenvalue weighted by Crippen LogP contribution is 2.21. The van der Waals surface area contributed by atoms with Crippen LogP contribution >= 0.6 is 36.7 Å². The molecule has 1 rings (SSSR count). The molecule has 15 heteroatoms. The lowest BCUT2D eigenvalue weighted by Gasteiger charge is -2.41. The molecule has 1 N–H and O–H groups in total. The Kier molecular flexibility index (Phi) is 7.70. The Labute approximate surface area is 172 Å². The van der Waals surface area contributed by atoms with Crippen LogP contribution in [0.25, 0.3) is 0 Å². The van der Waals surface area contributed by atoms with E-state index in [2.05, 4.69) is 0 Å². The molecule has 152 valence electrons. The van der Waals surface area contributed by atoms with E-state index in [1.165, 1.54) is 14.7 Å². The molecule has 27 heavy (non-hydrogen) atoms. The Hall–Kier alpha value is -2.23. The summed E-state index contributed by atoms with van der Waals surface area (Å²) >= 11 is 14.9. The lowest BCUT2D eigenvalue weighted by atomic mass is 10.6. The van der Waals surface area contributed by atoms with E-state index in [0.29, 0.717) is 10.1 Å². The summed E-state index contributed by atoms with van der Waals surface area (Å²) in [5, 5.41) is 10.8. The summed E-state index contributed by atoms with van der Waals surface area (Å²) < 4.78 is 0. The zero-order valence-corrected chi connectivity index (χ0v) is 17.9. The number of aliphatic hydroxyl groups excluding tert-OH is 1. The number of nitrogens with zero attached hydrogens (tertiary/aromatic N) is 6. The van der Waals surface area contributed by atoms with Crippen molar-refractivity contribution >= 4 is 64.2 Å². The Bertz CT molecular complexity index is 603. The summed E-state index contributed by atoms with van der Waals surface area (Å²) in [6, 6.07) is -2.37. The normalized spacial score (nSPS) is 14.7. The second-order valence-electron chi connectivity index (χ2n) is 5.61. The standard InChI is InChI=1S/C12H20N6O6S3/c1-13(2)10(25)22-16-7(19)17(23-11(26)14(3)4)9(21)18(8(16)20)24-12(27)15(5)6/h7,19H,1-6H3. The van der Waals surface area contributed by atoms with Crippen LogP contribution in [-0.4, -0.2) is 111 Å². The van der Waals surface area contributed by atoms with Crippen molar-refractivity contribution in [1.29, 1.82) is 0 Å². The van der Waals surface area contributed by atoms with Gasteiger partial charge >= 0.3 is 12.1 Å². The van der Waals surface area contributed by atoms with Crippen molar-refractivity contribution in [2.75, 3.05) is 42.3 Å². The van der Waals surface area contributed by atoms with Gasteiger partial charge in [0.1, 0.15) is 0 Å². The van der Waals surface area contributed by atoms with E-state index < -0.39 is 18.4 Å². The van der Waals surface area contributed by atoms with E-state index in [1.54, 1.807) is 42.3 Å². The fraction of sp³-hybridized carbons (Fsp3) is 0.583. The predicted octanol–water partition coefficient (Wildman–Crippen LogP) is -0.244. The molecule has 0 aliphatic carbocycles. The van der Waals surface area contributed by atoms with Crippen molar-refractivity contribution in [2.45, 2.75) is 6.35 Å². The van der Waals surface area contributed by atoms with Crippen molar-refractivity contribution in [3.63, 3.8) is 0 Å². The molecule has 0 saturated carbocycles. The second-order valence-corrected chi connectivity index (χ2v) is 6.66. The quantitative estimate of drug-likeness (QED) is 0.586. The molecule has 0 spiro atoms. The SMILES string of the molecule is CN(C)C(=S)ON1C(=O)N(OC(=S)N(C)C)C(O)N(OC(=S)N(C)C)C1=O. The Morgan fingerprint density at radius 1 is 0.778 bits per heavy atom. The average molecular weight is 441 g/mol. The topological polar surface area (TPSA) is 102 Å². The third-order valence-electron chi connectivity index (χ3n) is 2.76. The molecule has 0 unspecified atom stereocenters. The zero-order valence-electron chi connectivity index (χ0n) is 15.5. The van der Waals surface area contributed by atoms with Gasteiger partial charge in [-0.15, -0.1) is 0 Å². The fourth-order valence-corrected chi connectivity index (χ4v) is 1.53. The number of hydrogen-bond donors (Lipinski definition) is 1. The van der Waals surface area contributed by atoms with Crippen LogP contribution in [0, 0.1) is 0 Å². The molecule has 1 aliphatic heterocycles. The highest BCUT2D eigenvalue weighted by molar-refractivity contribution is 7.80. The molecule has 0 aromatic carbocycles. The van der Waals surface area contributed by atoms with Crippen LogP contribution < -0.4 is 0 Å². The van der Waals surface area contributed by atoms with Gasteiger partial charge in [-0.05, 0) is 36.7 Å². The second kappa shape index (κ2) is 9.12. The maximum atomic E-state index is 12.6. The monoisotopic (exact) mass is 440 g/mol. The first-order valence-corrected chi connectivity index (χ1v) is 8.43. The van der Waals surface area contributed by atoms with Crippen LogP contribution in [0.3, 0.4) is 0 Å². The van der Waals surface area contributed by atoms with Gasteiger partial charge in [0, 0.05) is 42.3 Å². The molecule has 1 saturated heterocycles. The summed E-state index contributed by atoms with van der Waals surface area (Å²) in [6.45, 7) is 0. The molecule has 1 aliphatic rings. The lowest BCUT2D eigenvalue weighted by Crippen LogP contribution is -2.67. The lowest BCUT2D eigenvalue weighted by molar-refractivity contribution is -0.294. The number of rotatable bonds is 3. The first kappa shape index (κ1) is 22.8. The van der Waals surface area contributed by atoms with E-state index in [9.17, 15) is 14.7 Å². The minimum absolute atomic E-state index is 0.179. The zero-order chi connectivity index (χ0) is 21.0. The van der Waals surface area contributed by atoms with Crippen LogP contribution in [0.15, 0.2) is 0 Å². The molecular weight excluding hydrogens is 420 g/mol. The number of imide groups is 1. The number of urea groups is 2. The molecule has 12 nitrogen and oxygen atoms in total. The van der Waals surface area contributed by atoms with E-state index in [0.717, 1.165) is 0 Å². The molecule has 1 heterocycles. The maximum absolute atomic E-state index is 12.6. The number of thiocarbonyl (C=S) groups is 3. The van der Waals surface area contributed by atoms with Gasteiger partial charge in [0.15, 0.2) is 0 Å². The summed E-state index contributed by atoms with van der Waals surface area (Å²) in [5.41, 5.74) is 0. The van der Waals surface area contributed by atoms with Gasteiger partial charge in [-0.1, -0.05) is 15.2 Å².